The van der Waals surface area contributed by atoms with Gasteiger partial charge >= 0.3 is 0 Å². The topological polar surface area (TPSA) is 84.0 Å². The number of likely N-dealkylation sites (tertiary alicyclic amines) is 1. The van der Waals surface area contributed by atoms with E-state index in [4.69, 9.17) is 10.00 Å². The Labute approximate surface area is 171 Å². The molecule has 7 heteroatoms. The first-order valence-electron chi connectivity index (χ1n) is 10.5. The van der Waals surface area contributed by atoms with Crippen molar-refractivity contribution in [2.75, 3.05) is 13.1 Å². The summed E-state index contributed by atoms with van der Waals surface area (Å²) < 4.78 is 8.12. The molecule has 2 unspecified atom stereocenters. The largest absolute Gasteiger partial charge is 0.481 e. The van der Waals surface area contributed by atoms with Gasteiger partial charge in [0.1, 0.15) is 17.4 Å². The fraction of sp³-hybridized carbons (Fsp3) is 0.545. The third kappa shape index (κ3) is 4.26. The van der Waals surface area contributed by atoms with Gasteiger partial charge in [0.05, 0.1) is 11.6 Å². The van der Waals surface area contributed by atoms with E-state index >= 15 is 0 Å². The van der Waals surface area contributed by atoms with Gasteiger partial charge in [-0.2, -0.15) is 5.26 Å². The van der Waals surface area contributed by atoms with Crippen LogP contribution in [0.1, 0.15) is 62.2 Å². The predicted octanol–water partition coefficient (Wildman–Crippen LogP) is 3.05. The lowest BCUT2D eigenvalue weighted by molar-refractivity contribution is -0.139. The minimum absolute atomic E-state index is 0.00494. The molecule has 1 aromatic heterocycles. The molecule has 1 aromatic carbocycles. The van der Waals surface area contributed by atoms with E-state index in [1.54, 1.807) is 31.2 Å². The van der Waals surface area contributed by atoms with Gasteiger partial charge in [-0.15, -0.1) is 10.2 Å². The Morgan fingerprint density at radius 2 is 2.00 bits per heavy atom. The van der Waals surface area contributed by atoms with Crippen LogP contribution in [0.3, 0.4) is 0 Å². The monoisotopic (exact) mass is 393 g/mol. The normalized spacial score (nSPS) is 20.3. The van der Waals surface area contributed by atoms with E-state index in [1.165, 1.54) is 19.3 Å². The number of fused-ring (bicyclic) bond motifs is 1. The van der Waals surface area contributed by atoms with Crippen molar-refractivity contribution >= 4 is 5.91 Å². The minimum atomic E-state index is -0.572. The van der Waals surface area contributed by atoms with Crippen molar-refractivity contribution in [3.05, 3.63) is 41.5 Å². The second-order valence-electron chi connectivity index (χ2n) is 7.96. The van der Waals surface area contributed by atoms with Crippen LogP contribution in [0.15, 0.2) is 24.3 Å². The van der Waals surface area contributed by atoms with Crippen molar-refractivity contribution in [1.29, 1.82) is 5.26 Å². The molecule has 0 spiro atoms. The zero-order valence-electron chi connectivity index (χ0n) is 16.9. The molecule has 0 aliphatic carbocycles. The maximum atomic E-state index is 13.0. The summed E-state index contributed by atoms with van der Waals surface area (Å²) in [5, 5.41) is 17.8. The van der Waals surface area contributed by atoms with Crippen molar-refractivity contribution in [2.24, 2.45) is 0 Å². The Balaban J connectivity index is 1.42. The number of hydrogen-bond donors (Lipinski definition) is 0. The Hall–Kier alpha value is -2.88. The lowest BCUT2D eigenvalue weighted by Gasteiger charge is -2.34. The van der Waals surface area contributed by atoms with Gasteiger partial charge in [-0.25, -0.2) is 0 Å². The van der Waals surface area contributed by atoms with Crippen LogP contribution in [-0.4, -0.2) is 44.8 Å². The smallest absolute Gasteiger partial charge is 0.263 e. The van der Waals surface area contributed by atoms with Gasteiger partial charge in [-0.05, 0) is 56.9 Å². The van der Waals surface area contributed by atoms with Gasteiger partial charge in [-0.1, -0.05) is 6.42 Å². The molecule has 29 heavy (non-hydrogen) atoms. The summed E-state index contributed by atoms with van der Waals surface area (Å²) in [6.07, 6.45) is 6.01. The number of aryl methyl sites for hydroxylation is 1. The molecule has 3 heterocycles. The number of benzene rings is 1. The van der Waals surface area contributed by atoms with Gasteiger partial charge in [0.2, 0.25) is 0 Å². The summed E-state index contributed by atoms with van der Waals surface area (Å²) in [5.74, 6) is 2.96. The number of aromatic nitrogens is 3. The number of piperidine rings is 1. The SMILES string of the molecule is CC(Oc1ccc(C#N)cc1)C(=O)N1CCCC(c2nnc3n2CCCCC3)C1. The Bertz CT molecular complexity index is 899. The first-order chi connectivity index (χ1) is 14.2. The average molecular weight is 393 g/mol. The fourth-order valence-electron chi connectivity index (χ4n) is 4.32. The maximum Gasteiger partial charge on any atom is 0.263 e. The van der Waals surface area contributed by atoms with Crippen LogP contribution in [0.5, 0.6) is 5.75 Å². The van der Waals surface area contributed by atoms with E-state index in [9.17, 15) is 4.79 Å². The van der Waals surface area contributed by atoms with Gasteiger partial charge in [0.25, 0.3) is 5.91 Å². The van der Waals surface area contributed by atoms with Crippen molar-refractivity contribution in [3.8, 4) is 11.8 Å². The Morgan fingerprint density at radius 1 is 1.17 bits per heavy atom. The quantitative estimate of drug-likeness (QED) is 0.797. The Morgan fingerprint density at radius 3 is 2.79 bits per heavy atom. The number of carbonyl (C=O) groups is 1. The van der Waals surface area contributed by atoms with Crippen molar-refractivity contribution in [3.63, 3.8) is 0 Å². The molecule has 4 rings (SSSR count). The van der Waals surface area contributed by atoms with Crippen molar-refractivity contribution in [1.82, 2.24) is 19.7 Å². The van der Waals surface area contributed by atoms with Gasteiger partial charge in [0, 0.05) is 32.0 Å². The second-order valence-corrected chi connectivity index (χ2v) is 7.96. The predicted molar refractivity (Wildman–Crippen MR) is 107 cm³/mol. The van der Waals surface area contributed by atoms with Crippen LogP contribution in [0, 0.1) is 11.3 Å². The van der Waals surface area contributed by atoms with Crippen LogP contribution in [0.25, 0.3) is 0 Å². The molecule has 1 saturated heterocycles. The Kier molecular flexibility index (Phi) is 5.79. The first-order valence-corrected chi connectivity index (χ1v) is 10.5. The van der Waals surface area contributed by atoms with Gasteiger partial charge < -0.3 is 14.2 Å². The number of nitrogens with zero attached hydrogens (tertiary/aromatic N) is 5. The maximum absolute atomic E-state index is 13.0. The highest BCUT2D eigenvalue weighted by Crippen LogP contribution is 2.28. The van der Waals surface area contributed by atoms with E-state index in [1.807, 2.05) is 4.90 Å². The zero-order chi connectivity index (χ0) is 20.2. The van der Waals surface area contributed by atoms with Crippen LogP contribution in [0.2, 0.25) is 0 Å². The molecule has 2 aliphatic rings. The number of carbonyl (C=O) groups excluding carboxylic acids is 1. The highest BCUT2D eigenvalue weighted by molar-refractivity contribution is 5.81. The lowest BCUT2D eigenvalue weighted by atomic mass is 9.96. The molecule has 1 fully saturated rings. The second kappa shape index (κ2) is 8.64. The van der Waals surface area contributed by atoms with Crippen LogP contribution >= 0.6 is 0 Å². The number of nitriles is 1. The molecule has 0 N–H and O–H groups in total. The summed E-state index contributed by atoms with van der Waals surface area (Å²) in [6.45, 7) is 4.18. The zero-order valence-corrected chi connectivity index (χ0v) is 16.9. The third-order valence-electron chi connectivity index (χ3n) is 5.88. The summed E-state index contributed by atoms with van der Waals surface area (Å²) >= 11 is 0. The summed E-state index contributed by atoms with van der Waals surface area (Å²) in [4.78, 5) is 14.9. The minimum Gasteiger partial charge on any atom is -0.481 e. The molecule has 152 valence electrons. The number of hydrogen-bond acceptors (Lipinski definition) is 5. The summed E-state index contributed by atoms with van der Waals surface area (Å²) in [6, 6.07) is 8.93. The van der Waals surface area contributed by atoms with E-state index in [0.29, 0.717) is 17.9 Å². The molecule has 1 amide bonds. The number of rotatable bonds is 4. The molecule has 7 nitrogen and oxygen atoms in total. The van der Waals surface area contributed by atoms with Crippen LogP contribution in [-0.2, 0) is 17.8 Å². The van der Waals surface area contributed by atoms with E-state index in [2.05, 4.69) is 20.8 Å². The lowest BCUT2D eigenvalue weighted by Crippen LogP contribution is -2.45. The molecular weight excluding hydrogens is 366 g/mol. The molecule has 2 aromatic rings. The molecule has 0 radical (unpaired) electrons. The standard InChI is InChI=1S/C22H27N5O2/c1-16(29-19-10-8-17(14-23)9-11-19)22(28)26-12-5-6-18(15-26)21-25-24-20-7-3-2-4-13-27(20)21/h8-11,16,18H,2-7,12-13,15H2,1H3. The average Bonchev–Trinajstić information content (AvgIpc) is 3.02. The van der Waals surface area contributed by atoms with Crippen molar-refractivity contribution < 1.29 is 9.53 Å². The van der Waals surface area contributed by atoms with E-state index < -0.39 is 6.10 Å². The van der Waals surface area contributed by atoms with Gasteiger partial charge in [0.15, 0.2) is 6.10 Å². The van der Waals surface area contributed by atoms with Gasteiger partial charge in [-0.3, -0.25) is 4.79 Å². The highest BCUT2D eigenvalue weighted by atomic mass is 16.5. The summed E-state index contributed by atoms with van der Waals surface area (Å²) in [7, 11) is 0. The molecule has 2 atom stereocenters. The fourth-order valence-corrected chi connectivity index (χ4v) is 4.32. The first kappa shape index (κ1) is 19.4. The molecule has 2 aliphatic heterocycles. The van der Waals surface area contributed by atoms with Crippen LogP contribution in [0.4, 0.5) is 0 Å². The number of ether oxygens (including phenoxy) is 1. The summed E-state index contributed by atoms with van der Waals surface area (Å²) in [5.41, 5.74) is 0.572. The highest BCUT2D eigenvalue weighted by Gasteiger charge is 2.31. The molecule has 0 saturated carbocycles. The molecule has 0 bridgehead atoms. The molecular formula is C22H27N5O2. The van der Waals surface area contributed by atoms with E-state index in [-0.39, 0.29) is 11.8 Å². The van der Waals surface area contributed by atoms with E-state index in [0.717, 1.165) is 44.0 Å². The third-order valence-corrected chi connectivity index (χ3v) is 5.88. The van der Waals surface area contributed by atoms with Crippen LogP contribution < -0.4 is 4.74 Å². The van der Waals surface area contributed by atoms with Crippen molar-refractivity contribution in [2.45, 2.75) is 64.0 Å². The number of amides is 1.